The van der Waals surface area contributed by atoms with Gasteiger partial charge in [-0.3, -0.25) is 4.79 Å². The van der Waals surface area contributed by atoms with Crippen LogP contribution < -0.4 is 16.5 Å². The van der Waals surface area contributed by atoms with E-state index in [-0.39, 0.29) is 24.2 Å². The van der Waals surface area contributed by atoms with Gasteiger partial charge in [-0.2, -0.15) is 0 Å². The fourth-order valence-electron chi connectivity index (χ4n) is 16.2. The number of aryl methyl sites for hydroxylation is 4. The Morgan fingerprint density at radius 2 is 0.973 bits per heavy atom. The summed E-state index contributed by atoms with van der Waals surface area (Å²) < 4.78 is 7.16. The molecule has 19 rings (SSSR count). The van der Waals surface area contributed by atoms with Crippen molar-refractivity contribution in [1.29, 1.82) is 0 Å². The third-order valence-electron chi connectivity index (χ3n) is 18.7. The van der Waals surface area contributed by atoms with Gasteiger partial charge >= 0.3 is 6.85 Å². The Morgan fingerprint density at radius 1 is 0.452 bits per heavy atom. The second-order valence-corrected chi connectivity index (χ2v) is 22.0. The highest BCUT2D eigenvalue weighted by Crippen LogP contribution is 2.63. The first kappa shape index (κ1) is 39.0. The molecule has 0 radical (unpaired) electrons. The van der Waals surface area contributed by atoms with Crippen molar-refractivity contribution in [1.82, 2.24) is 13.8 Å². The highest BCUT2D eigenvalue weighted by Gasteiger charge is 2.56. The van der Waals surface area contributed by atoms with Crippen LogP contribution in [0.25, 0.3) is 77.5 Å². The predicted molar refractivity (Wildman–Crippen MR) is 298 cm³/mol. The molecule has 7 aliphatic rings. The van der Waals surface area contributed by atoms with Crippen LogP contribution in [0.2, 0.25) is 0 Å². The first-order chi connectivity index (χ1) is 35.8. The van der Waals surface area contributed by atoms with E-state index in [4.69, 9.17) is 0 Å². The van der Waals surface area contributed by atoms with Crippen molar-refractivity contribution >= 4 is 50.5 Å². The number of hydrogen-bond donors (Lipinski definition) is 0. The molecule has 0 N–H and O–H groups in total. The second kappa shape index (κ2) is 12.9. The van der Waals surface area contributed by atoms with Gasteiger partial charge in [-0.25, -0.2) is 4.68 Å². The molecule has 3 aliphatic heterocycles. The summed E-state index contributed by atoms with van der Waals surface area (Å²) in [5, 5.41) is 3.30. The van der Waals surface area contributed by atoms with Gasteiger partial charge in [-0.1, -0.05) is 146 Å². The van der Waals surface area contributed by atoms with Crippen molar-refractivity contribution in [2.45, 2.75) is 44.9 Å². The number of fused-ring (bicyclic) bond motifs is 14. The average molecular weight is 930 g/mol. The predicted octanol–water partition coefficient (Wildman–Crippen LogP) is 13.4. The molecule has 4 aliphatic carbocycles. The summed E-state index contributed by atoms with van der Waals surface area (Å²) in [6.45, 7) is 8.77. The Kier molecular flexibility index (Phi) is 6.87. The Bertz CT molecular complexity index is 4600. The van der Waals surface area contributed by atoms with Crippen LogP contribution in [0, 0.1) is 27.7 Å². The molecule has 1 spiro atoms. The molecule has 2 bridgehead atoms. The molecule has 0 amide bonds. The van der Waals surface area contributed by atoms with E-state index in [0.717, 1.165) is 16.6 Å². The lowest BCUT2D eigenvalue weighted by molar-refractivity contribution is 0.749. The summed E-state index contributed by atoms with van der Waals surface area (Å²) >= 11 is 0. The maximum absolute atomic E-state index is 15.8. The van der Waals surface area contributed by atoms with Crippen molar-refractivity contribution in [3.63, 3.8) is 0 Å². The van der Waals surface area contributed by atoms with Crippen LogP contribution in [0.4, 0.5) is 0 Å². The largest absolute Gasteiger partial charge is 0.353 e. The highest BCUT2D eigenvalue weighted by atomic mass is 16.1. The summed E-state index contributed by atoms with van der Waals surface area (Å²) in [5.41, 5.74) is 33.4. The molecule has 12 aromatic rings. The van der Waals surface area contributed by atoms with Gasteiger partial charge in [0.05, 0.1) is 38.7 Å². The van der Waals surface area contributed by atoms with Gasteiger partial charge in [-0.05, 0) is 181 Å². The maximum Gasteiger partial charge on any atom is 0.353 e. The second-order valence-electron chi connectivity index (χ2n) is 22.0. The van der Waals surface area contributed by atoms with Crippen LogP contribution in [-0.4, -0.2) is 20.7 Å². The van der Waals surface area contributed by atoms with Gasteiger partial charge in [0.15, 0.2) is 0 Å². The highest BCUT2D eigenvalue weighted by molar-refractivity contribution is 6.89. The number of aromatic nitrogens is 3. The average Bonchev–Trinajstić information content (AvgIpc) is 4.16. The minimum absolute atomic E-state index is 0.0455. The first-order valence-electron chi connectivity index (χ1n) is 26.0. The van der Waals surface area contributed by atoms with E-state index in [1.165, 1.54) is 150 Å². The van der Waals surface area contributed by atoms with Crippen molar-refractivity contribution < 1.29 is 0 Å². The molecule has 0 fully saturated rings. The van der Waals surface area contributed by atoms with Crippen LogP contribution in [-0.2, 0) is 5.41 Å². The molecule has 5 heterocycles. The zero-order valence-corrected chi connectivity index (χ0v) is 40.8. The van der Waals surface area contributed by atoms with Crippen molar-refractivity contribution in [2.75, 3.05) is 0 Å². The Balaban J connectivity index is 1.03. The third kappa shape index (κ3) is 4.27. The van der Waals surface area contributed by atoms with E-state index in [0.29, 0.717) is 0 Å². The minimum Gasteiger partial charge on any atom is -0.310 e. The fourth-order valence-corrected chi connectivity index (χ4v) is 16.2. The van der Waals surface area contributed by atoms with Gasteiger partial charge in [0.2, 0.25) is 0 Å². The summed E-state index contributed by atoms with van der Waals surface area (Å²) in [7, 11) is 0. The molecule has 0 saturated heterocycles. The van der Waals surface area contributed by atoms with Crippen molar-refractivity contribution in [3.8, 4) is 44.8 Å². The zero-order valence-electron chi connectivity index (χ0n) is 40.8. The summed E-state index contributed by atoms with van der Waals surface area (Å²) in [6, 6.07) is 69.3. The Morgan fingerprint density at radius 3 is 1.56 bits per heavy atom. The molecular formula is C68H44BN3O. The summed E-state index contributed by atoms with van der Waals surface area (Å²) in [4.78, 5) is 15.8. The monoisotopic (exact) mass is 929 g/mol. The van der Waals surface area contributed by atoms with E-state index < -0.39 is 5.41 Å². The van der Waals surface area contributed by atoms with E-state index in [2.05, 4.69) is 224 Å². The van der Waals surface area contributed by atoms with Gasteiger partial charge in [0.25, 0.3) is 5.56 Å². The van der Waals surface area contributed by atoms with Crippen LogP contribution in [0.15, 0.2) is 187 Å². The summed E-state index contributed by atoms with van der Waals surface area (Å²) in [5.74, 6) is 0.157. The maximum atomic E-state index is 15.8. The molecule has 340 valence electrons. The molecule has 5 heteroatoms. The van der Waals surface area contributed by atoms with Crippen LogP contribution in [0.5, 0.6) is 0 Å². The smallest absolute Gasteiger partial charge is 0.310 e. The lowest BCUT2D eigenvalue weighted by Crippen LogP contribution is -2.52. The fraction of sp³-hybridized carbons (Fsp3) is 0.103. The van der Waals surface area contributed by atoms with E-state index in [1.807, 2.05) is 0 Å². The van der Waals surface area contributed by atoms with Crippen molar-refractivity contribution in [2.24, 2.45) is 0 Å². The topological polar surface area (TPSA) is 31.9 Å². The van der Waals surface area contributed by atoms with Gasteiger partial charge in [-0.15, -0.1) is 0 Å². The lowest BCUT2D eigenvalue weighted by Gasteiger charge is -2.42. The van der Waals surface area contributed by atoms with Crippen LogP contribution in [0.1, 0.15) is 89.7 Å². The lowest BCUT2D eigenvalue weighted by atomic mass is 9.47. The number of hydrogen-bond acceptors (Lipinski definition) is 1. The molecule has 0 unspecified atom stereocenters. The van der Waals surface area contributed by atoms with E-state index in [1.54, 1.807) is 0 Å². The zero-order chi connectivity index (χ0) is 48.1. The van der Waals surface area contributed by atoms with Gasteiger partial charge < -0.3 is 9.16 Å². The van der Waals surface area contributed by atoms with Crippen LogP contribution >= 0.6 is 0 Å². The molecule has 73 heavy (non-hydrogen) atoms. The quantitative estimate of drug-likeness (QED) is 0.159. The molecule has 0 saturated carbocycles. The molecule has 4 nitrogen and oxygen atoms in total. The minimum atomic E-state index is -0.645. The standard InChI is InChI=1S/C68H44BN3O/c1-35-15-13-16-36(2)59(35)39-29-49-50-30-40(60-37(3)17-14-18-38(60)4)32-56-65(50)70-64(49)55(31-39)68(52-25-11-9-19-41(52)42-20-10-12-26-53(42)68)54-27-28-57-63(66(54)70)69(56)72-58-34-48-47(33-51(58)67(73)71(57)72)61-43-21-5-7-23-45(43)62(48)46-24-8-6-22-44(46)61/h5-34,61-62H,1-4H3. The molecule has 2 aromatic heterocycles. The van der Waals surface area contributed by atoms with Crippen LogP contribution in [0.3, 0.4) is 0 Å². The molecule has 10 aromatic carbocycles. The van der Waals surface area contributed by atoms with E-state index in [9.17, 15) is 0 Å². The molecular weight excluding hydrogens is 886 g/mol. The van der Waals surface area contributed by atoms with Crippen molar-refractivity contribution in [3.05, 3.63) is 270 Å². The van der Waals surface area contributed by atoms with Gasteiger partial charge in [0, 0.05) is 28.1 Å². The SMILES string of the molecule is Cc1cccc(C)c1-c1cc2c3c(c1)c1cc(-c4c(C)cccc4C)cc4c1n3-c1c(ccc3c1B2n1c2cc5c(cc2c(=O)n1-3)C1c2ccccc2C5c2ccccc21)C41c2ccccc2-c2ccccc21. The molecule has 0 atom stereocenters. The number of nitrogens with zero attached hydrogens (tertiary/aromatic N) is 3. The normalized spacial score (nSPS) is 16.6. The Hall–Kier alpha value is -8.67. The van der Waals surface area contributed by atoms with Gasteiger partial charge in [0.1, 0.15) is 0 Å². The summed E-state index contributed by atoms with van der Waals surface area (Å²) in [6.07, 6.45) is 0. The van der Waals surface area contributed by atoms with E-state index >= 15 is 4.79 Å². The number of benzene rings is 10. The first-order valence-corrected chi connectivity index (χ1v) is 26.0. The third-order valence-corrected chi connectivity index (χ3v) is 18.7. The Labute approximate surface area is 422 Å². The number of rotatable bonds is 2.